The lowest BCUT2D eigenvalue weighted by molar-refractivity contribution is 0.324. The first-order valence-electron chi connectivity index (χ1n) is 10.2. The van der Waals surface area contributed by atoms with Gasteiger partial charge < -0.3 is 13.2 Å². The van der Waals surface area contributed by atoms with Gasteiger partial charge in [-0.2, -0.15) is 0 Å². The maximum absolute atomic E-state index is 6.02. The van der Waals surface area contributed by atoms with Crippen molar-refractivity contribution in [3.8, 4) is 0 Å². The zero-order valence-corrected chi connectivity index (χ0v) is 23.5. The first-order valence-corrected chi connectivity index (χ1v) is 23.6. The van der Waals surface area contributed by atoms with Gasteiger partial charge in [0, 0.05) is 13.2 Å². The van der Waals surface area contributed by atoms with Crippen LogP contribution in [0.2, 0.25) is 78.1 Å². The Balaban J connectivity index is 4.85. The Morgan fingerprint density at radius 2 is 1.12 bits per heavy atom. The zero-order valence-electron chi connectivity index (χ0n) is 19.5. The van der Waals surface area contributed by atoms with Crippen molar-refractivity contribution >= 4 is 33.0 Å². The molecule has 0 aromatic rings. The average Bonchev–Trinajstić information content (AvgIpc) is 2.32. The molecule has 0 radical (unpaired) electrons. The predicted molar refractivity (Wildman–Crippen MR) is 127 cm³/mol. The fourth-order valence-electron chi connectivity index (χ4n) is 3.84. The molecule has 0 N–H and O–H groups in total. The molecule has 0 saturated heterocycles. The van der Waals surface area contributed by atoms with Crippen LogP contribution in [0.15, 0.2) is 0 Å². The summed E-state index contributed by atoms with van der Waals surface area (Å²) in [6.45, 7) is 34.1. The van der Waals surface area contributed by atoms with Crippen LogP contribution in [0, 0.1) is 0 Å². The molecule has 25 heavy (non-hydrogen) atoms. The van der Waals surface area contributed by atoms with Gasteiger partial charge in [0.25, 0.3) is 0 Å². The molecule has 0 aliphatic rings. The molecule has 0 unspecified atom stereocenters. The van der Waals surface area contributed by atoms with E-state index in [0.717, 1.165) is 6.61 Å². The van der Waals surface area contributed by atoms with Gasteiger partial charge in [0.1, 0.15) is 24.7 Å². The molecule has 0 bridgehead atoms. The minimum absolute atomic E-state index is 0.873. The molecule has 0 heterocycles. The van der Waals surface area contributed by atoms with E-state index in [1.165, 1.54) is 32.1 Å². The van der Waals surface area contributed by atoms with E-state index in [0.29, 0.717) is 0 Å². The summed E-state index contributed by atoms with van der Waals surface area (Å²) in [7, 11) is -5.21. The van der Waals surface area contributed by atoms with Crippen LogP contribution in [0.3, 0.4) is 0 Å². The molecule has 152 valence electrons. The standard InChI is InChI=1S/C18H48N2OSi4/c1-13-21-25(11,12)18-14-15-19(22(2,3)4)16-17-20(23(5,6)7)24(8,9)10/h13-18H2,1-12H3. The normalized spacial score (nSPS) is 14.6. The van der Waals surface area contributed by atoms with E-state index in [-0.39, 0.29) is 0 Å². The van der Waals surface area contributed by atoms with E-state index in [2.05, 4.69) is 87.7 Å². The summed E-state index contributed by atoms with van der Waals surface area (Å²) in [5, 5.41) is 0. The molecule has 0 aliphatic heterocycles. The fourth-order valence-corrected chi connectivity index (χ4v) is 17.0. The van der Waals surface area contributed by atoms with Gasteiger partial charge in [0.2, 0.25) is 0 Å². The number of nitrogens with zero attached hydrogens (tertiary/aromatic N) is 2. The van der Waals surface area contributed by atoms with Gasteiger partial charge in [0.05, 0.1) is 0 Å². The maximum Gasteiger partial charge on any atom is 0.186 e. The minimum atomic E-state index is -1.44. The Hall–Kier alpha value is 0.748. The Kier molecular flexibility index (Phi) is 10.1. The van der Waals surface area contributed by atoms with Gasteiger partial charge in [-0.15, -0.1) is 0 Å². The molecule has 7 heteroatoms. The van der Waals surface area contributed by atoms with Crippen LogP contribution in [-0.2, 0) is 4.43 Å². The summed E-state index contributed by atoms with van der Waals surface area (Å²) >= 11 is 0. The van der Waals surface area contributed by atoms with Crippen molar-refractivity contribution in [2.45, 2.75) is 91.4 Å². The van der Waals surface area contributed by atoms with Gasteiger partial charge in [-0.1, -0.05) is 58.9 Å². The fraction of sp³-hybridized carbons (Fsp3) is 1.00. The summed E-state index contributed by atoms with van der Waals surface area (Å²) in [5.41, 5.74) is 0. The van der Waals surface area contributed by atoms with Crippen LogP contribution in [-0.4, -0.2) is 68.1 Å². The van der Waals surface area contributed by atoms with Crippen molar-refractivity contribution in [1.82, 2.24) is 8.80 Å². The molecule has 0 aromatic carbocycles. The number of hydrogen-bond acceptors (Lipinski definition) is 3. The third-order valence-electron chi connectivity index (χ3n) is 4.90. The minimum Gasteiger partial charge on any atom is -0.418 e. The molecular formula is C18H48N2OSi4. The van der Waals surface area contributed by atoms with E-state index in [4.69, 9.17) is 4.43 Å². The van der Waals surface area contributed by atoms with Gasteiger partial charge in [-0.25, -0.2) is 0 Å². The highest BCUT2D eigenvalue weighted by molar-refractivity contribution is 6.89. The number of hydrogen-bond donors (Lipinski definition) is 0. The van der Waals surface area contributed by atoms with E-state index >= 15 is 0 Å². The van der Waals surface area contributed by atoms with Crippen molar-refractivity contribution in [2.75, 3.05) is 26.2 Å². The molecule has 0 saturated carbocycles. The molecule has 0 spiro atoms. The maximum atomic E-state index is 6.02. The molecule has 0 aliphatic carbocycles. The second kappa shape index (κ2) is 9.79. The highest BCUT2D eigenvalue weighted by Crippen LogP contribution is 2.21. The van der Waals surface area contributed by atoms with Crippen LogP contribution in [0.1, 0.15) is 13.3 Å². The monoisotopic (exact) mass is 420 g/mol. The highest BCUT2D eigenvalue weighted by atomic mass is 28.4. The molecule has 0 amide bonds. The molecular weight excluding hydrogens is 373 g/mol. The van der Waals surface area contributed by atoms with E-state index < -0.39 is 33.0 Å². The highest BCUT2D eigenvalue weighted by Gasteiger charge is 2.35. The Bertz CT molecular complexity index is 370. The third kappa shape index (κ3) is 10.6. The predicted octanol–water partition coefficient (Wildman–Crippen LogP) is 5.73. The molecule has 0 rings (SSSR count). The summed E-state index contributed by atoms with van der Waals surface area (Å²) in [6, 6.07) is 1.29. The molecule has 0 fully saturated rings. The van der Waals surface area contributed by atoms with Crippen LogP contribution in [0.4, 0.5) is 0 Å². The van der Waals surface area contributed by atoms with Crippen LogP contribution < -0.4 is 0 Å². The van der Waals surface area contributed by atoms with Crippen LogP contribution in [0.5, 0.6) is 0 Å². The van der Waals surface area contributed by atoms with Gasteiger partial charge in [-0.3, -0.25) is 0 Å². The van der Waals surface area contributed by atoms with Crippen LogP contribution >= 0.6 is 0 Å². The second-order valence-electron chi connectivity index (χ2n) is 10.9. The van der Waals surface area contributed by atoms with E-state index in [9.17, 15) is 0 Å². The summed E-state index contributed by atoms with van der Waals surface area (Å²) < 4.78 is 11.8. The first-order chi connectivity index (χ1) is 11.0. The summed E-state index contributed by atoms with van der Waals surface area (Å²) in [4.78, 5) is 0. The third-order valence-corrected chi connectivity index (χ3v) is 17.6. The second-order valence-corrected chi connectivity index (χ2v) is 30.4. The molecule has 0 aromatic heterocycles. The largest absolute Gasteiger partial charge is 0.418 e. The molecule has 0 atom stereocenters. The van der Waals surface area contributed by atoms with E-state index in [1.807, 2.05) is 0 Å². The Morgan fingerprint density at radius 1 is 0.640 bits per heavy atom. The van der Waals surface area contributed by atoms with Crippen molar-refractivity contribution in [3.05, 3.63) is 0 Å². The lowest BCUT2D eigenvalue weighted by Gasteiger charge is -2.46. The van der Waals surface area contributed by atoms with Crippen molar-refractivity contribution < 1.29 is 4.43 Å². The van der Waals surface area contributed by atoms with Crippen LogP contribution in [0.25, 0.3) is 0 Å². The lowest BCUT2D eigenvalue weighted by atomic mass is 10.4. The first kappa shape index (κ1) is 25.7. The average molecular weight is 421 g/mol. The van der Waals surface area contributed by atoms with Crippen molar-refractivity contribution in [3.63, 3.8) is 0 Å². The Morgan fingerprint density at radius 3 is 1.48 bits per heavy atom. The van der Waals surface area contributed by atoms with Crippen molar-refractivity contribution in [2.24, 2.45) is 0 Å². The topological polar surface area (TPSA) is 15.7 Å². The van der Waals surface area contributed by atoms with Gasteiger partial charge >= 0.3 is 0 Å². The number of rotatable bonds is 12. The quantitative estimate of drug-likeness (QED) is 0.375. The van der Waals surface area contributed by atoms with Gasteiger partial charge in [-0.05, 0) is 45.6 Å². The Labute approximate surface area is 163 Å². The molecule has 3 nitrogen and oxygen atoms in total. The van der Waals surface area contributed by atoms with E-state index in [1.54, 1.807) is 0 Å². The van der Waals surface area contributed by atoms with Crippen molar-refractivity contribution in [1.29, 1.82) is 0 Å². The summed E-state index contributed by atoms with van der Waals surface area (Å²) in [5.74, 6) is 0. The van der Waals surface area contributed by atoms with Gasteiger partial charge in [0.15, 0.2) is 8.32 Å². The summed E-state index contributed by atoms with van der Waals surface area (Å²) in [6.07, 6.45) is 1.30. The lowest BCUT2D eigenvalue weighted by Crippen LogP contribution is -2.62. The SMILES string of the molecule is CCO[Si](C)(C)CCCN(CCN([Si](C)(C)C)[Si](C)(C)C)[Si](C)(C)C. The smallest absolute Gasteiger partial charge is 0.186 e. The zero-order chi connectivity index (χ0) is 20.1.